The molecule has 1 aromatic rings. The number of nitrogens with two attached hydrogens (primary N) is 1. The summed E-state index contributed by atoms with van der Waals surface area (Å²) in [6.45, 7) is 8.50. The fraction of sp³-hybridized carbons (Fsp3) is 0.600. The van der Waals surface area contributed by atoms with Gasteiger partial charge in [0.2, 0.25) is 10.0 Å². The van der Waals surface area contributed by atoms with Gasteiger partial charge in [0.1, 0.15) is 0 Å². The van der Waals surface area contributed by atoms with Crippen LogP contribution in [-0.4, -0.2) is 21.0 Å². The van der Waals surface area contributed by atoms with Gasteiger partial charge in [-0.05, 0) is 36.0 Å². The first-order valence-corrected chi connectivity index (χ1v) is 8.57. The lowest BCUT2D eigenvalue weighted by Gasteiger charge is -2.19. The predicted octanol–water partition coefficient (Wildman–Crippen LogP) is 2.88. The minimum absolute atomic E-state index is 0. The highest BCUT2D eigenvalue weighted by molar-refractivity contribution is 7.89. The molecule has 0 radical (unpaired) electrons. The Balaban J connectivity index is 0.00000400. The molecule has 1 rings (SSSR count). The highest BCUT2D eigenvalue weighted by Gasteiger charge is 2.20. The van der Waals surface area contributed by atoms with E-state index in [1.54, 1.807) is 18.2 Å². The van der Waals surface area contributed by atoms with E-state index in [-0.39, 0.29) is 18.4 Å². The van der Waals surface area contributed by atoms with Crippen molar-refractivity contribution >= 4 is 22.4 Å². The molecule has 3 N–H and O–H groups in total. The van der Waals surface area contributed by atoms with Gasteiger partial charge in [-0.1, -0.05) is 39.8 Å². The first-order chi connectivity index (χ1) is 9.26. The van der Waals surface area contributed by atoms with Crippen molar-refractivity contribution in [3.8, 4) is 0 Å². The molecule has 0 saturated carbocycles. The van der Waals surface area contributed by atoms with E-state index in [1.165, 1.54) is 0 Å². The number of sulfonamides is 1. The molecule has 6 heteroatoms. The summed E-state index contributed by atoms with van der Waals surface area (Å²) in [5.41, 5.74) is 6.67. The summed E-state index contributed by atoms with van der Waals surface area (Å²) in [6.07, 6.45) is 0.736. The van der Waals surface area contributed by atoms with E-state index in [1.807, 2.05) is 19.9 Å². The van der Waals surface area contributed by atoms with Crippen LogP contribution >= 0.6 is 12.4 Å². The zero-order valence-corrected chi connectivity index (χ0v) is 14.8. The van der Waals surface area contributed by atoms with Crippen LogP contribution in [0.3, 0.4) is 0 Å². The summed E-state index contributed by atoms with van der Waals surface area (Å²) in [5, 5.41) is 0. The summed E-state index contributed by atoms with van der Waals surface area (Å²) < 4.78 is 27.5. The molecular formula is C15H27ClN2O2S. The molecule has 0 fully saturated rings. The van der Waals surface area contributed by atoms with Crippen molar-refractivity contribution in [1.82, 2.24) is 4.72 Å². The largest absolute Gasteiger partial charge is 0.329 e. The van der Waals surface area contributed by atoms with Crippen LogP contribution < -0.4 is 10.5 Å². The number of nitrogens with one attached hydrogen (secondary N) is 1. The molecule has 0 bridgehead atoms. The van der Waals surface area contributed by atoms with Gasteiger partial charge in [0.05, 0.1) is 4.90 Å². The van der Waals surface area contributed by atoms with Crippen molar-refractivity contribution in [2.45, 2.75) is 51.0 Å². The lowest BCUT2D eigenvalue weighted by molar-refractivity contribution is 0.465. The van der Waals surface area contributed by atoms with Gasteiger partial charge in [0.25, 0.3) is 0 Å². The van der Waals surface area contributed by atoms with Gasteiger partial charge >= 0.3 is 0 Å². The first kappa shape index (κ1) is 20.4. The Labute approximate surface area is 135 Å². The highest BCUT2D eigenvalue weighted by atomic mass is 35.5. The molecule has 0 heterocycles. The van der Waals surface area contributed by atoms with E-state index in [4.69, 9.17) is 5.73 Å². The maximum atomic E-state index is 12.4. The summed E-state index contributed by atoms with van der Waals surface area (Å²) in [4.78, 5) is 0.311. The van der Waals surface area contributed by atoms with Crippen LogP contribution in [0.15, 0.2) is 29.2 Å². The second-order valence-corrected chi connectivity index (χ2v) is 7.62. The van der Waals surface area contributed by atoms with Crippen LogP contribution in [0.2, 0.25) is 0 Å². The van der Waals surface area contributed by atoms with Gasteiger partial charge in [-0.15, -0.1) is 12.4 Å². The second-order valence-electron chi connectivity index (χ2n) is 5.91. The minimum Gasteiger partial charge on any atom is -0.329 e. The maximum Gasteiger partial charge on any atom is 0.240 e. The number of hydrogen-bond donors (Lipinski definition) is 2. The third-order valence-electron chi connectivity index (χ3n) is 3.20. The molecule has 1 aromatic carbocycles. The van der Waals surface area contributed by atoms with Gasteiger partial charge in [0.15, 0.2) is 0 Å². The molecule has 0 saturated heterocycles. The van der Waals surface area contributed by atoms with Crippen molar-refractivity contribution in [2.24, 2.45) is 11.7 Å². The smallest absolute Gasteiger partial charge is 0.240 e. The van der Waals surface area contributed by atoms with E-state index < -0.39 is 10.0 Å². The van der Waals surface area contributed by atoms with Crippen LogP contribution in [0.4, 0.5) is 0 Å². The Hall–Kier alpha value is -0.620. The minimum atomic E-state index is -3.50. The fourth-order valence-electron chi connectivity index (χ4n) is 2.09. The molecule has 4 nitrogen and oxygen atoms in total. The number of hydrogen-bond acceptors (Lipinski definition) is 3. The van der Waals surface area contributed by atoms with Gasteiger partial charge in [0, 0.05) is 12.6 Å². The second kappa shape index (κ2) is 8.73. The summed E-state index contributed by atoms with van der Waals surface area (Å²) in [5.74, 6) is 0.694. The van der Waals surface area contributed by atoms with E-state index >= 15 is 0 Å². The molecule has 122 valence electrons. The SMILES string of the molecule is CC(C)CC(CN)NS(=O)(=O)c1cccc(C(C)C)c1.Cl. The van der Waals surface area contributed by atoms with Crippen molar-refractivity contribution in [3.63, 3.8) is 0 Å². The average Bonchev–Trinajstić information content (AvgIpc) is 2.37. The Kier molecular flexibility index (Phi) is 8.48. The quantitative estimate of drug-likeness (QED) is 0.805. The molecule has 0 aliphatic rings. The lowest BCUT2D eigenvalue weighted by Crippen LogP contribution is -2.41. The molecule has 0 amide bonds. The van der Waals surface area contributed by atoms with Crippen LogP contribution in [0, 0.1) is 5.92 Å². The number of benzene rings is 1. The Morgan fingerprint density at radius 2 is 1.81 bits per heavy atom. The van der Waals surface area contributed by atoms with Gasteiger partial charge in [-0.3, -0.25) is 0 Å². The number of rotatable bonds is 7. The number of halogens is 1. The standard InChI is InChI=1S/C15H26N2O2S.ClH/c1-11(2)8-14(10-16)17-20(18,19)15-7-5-6-13(9-15)12(3)4;/h5-7,9,11-12,14,17H,8,10,16H2,1-4H3;1H. The normalized spacial score (nSPS) is 13.3. The summed E-state index contributed by atoms with van der Waals surface area (Å²) >= 11 is 0. The topological polar surface area (TPSA) is 72.2 Å². The molecule has 0 aliphatic carbocycles. The summed E-state index contributed by atoms with van der Waals surface area (Å²) in [7, 11) is -3.50. The molecule has 0 aliphatic heterocycles. The Morgan fingerprint density at radius 1 is 1.19 bits per heavy atom. The average molecular weight is 335 g/mol. The van der Waals surface area contributed by atoms with Crippen molar-refractivity contribution < 1.29 is 8.42 Å². The van der Waals surface area contributed by atoms with Gasteiger partial charge < -0.3 is 5.73 Å². The zero-order chi connectivity index (χ0) is 15.3. The van der Waals surface area contributed by atoms with Crippen LogP contribution in [0.25, 0.3) is 0 Å². The van der Waals surface area contributed by atoms with E-state index in [9.17, 15) is 8.42 Å². The molecule has 1 atom stereocenters. The third-order valence-corrected chi connectivity index (χ3v) is 4.72. The van der Waals surface area contributed by atoms with Crippen molar-refractivity contribution in [3.05, 3.63) is 29.8 Å². The van der Waals surface area contributed by atoms with Crippen molar-refractivity contribution in [2.75, 3.05) is 6.54 Å². The Bertz CT molecular complexity index is 530. The fourth-order valence-corrected chi connectivity index (χ4v) is 3.41. The molecular weight excluding hydrogens is 308 g/mol. The molecule has 1 unspecified atom stereocenters. The van der Waals surface area contributed by atoms with Gasteiger partial charge in [-0.2, -0.15) is 0 Å². The maximum absolute atomic E-state index is 12.4. The van der Waals surface area contributed by atoms with E-state index in [0.717, 1.165) is 12.0 Å². The summed E-state index contributed by atoms with van der Waals surface area (Å²) in [6, 6.07) is 6.86. The monoisotopic (exact) mass is 334 g/mol. The molecule has 0 aromatic heterocycles. The lowest BCUT2D eigenvalue weighted by atomic mass is 10.0. The predicted molar refractivity (Wildman–Crippen MR) is 90.4 cm³/mol. The molecule has 21 heavy (non-hydrogen) atoms. The van der Waals surface area contributed by atoms with Crippen LogP contribution in [0.5, 0.6) is 0 Å². The third kappa shape index (κ3) is 6.34. The van der Waals surface area contributed by atoms with E-state index in [2.05, 4.69) is 18.6 Å². The van der Waals surface area contributed by atoms with Crippen LogP contribution in [-0.2, 0) is 10.0 Å². The van der Waals surface area contributed by atoms with E-state index in [0.29, 0.717) is 23.3 Å². The highest BCUT2D eigenvalue weighted by Crippen LogP contribution is 2.19. The van der Waals surface area contributed by atoms with Crippen LogP contribution in [0.1, 0.15) is 45.6 Å². The Morgan fingerprint density at radius 3 is 2.29 bits per heavy atom. The van der Waals surface area contributed by atoms with Gasteiger partial charge in [-0.25, -0.2) is 13.1 Å². The van der Waals surface area contributed by atoms with Crippen molar-refractivity contribution in [1.29, 1.82) is 0 Å². The molecule has 0 spiro atoms. The first-order valence-electron chi connectivity index (χ1n) is 7.08. The zero-order valence-electron chi connectivity index (χ0n) is 13.2.